The van der Waals surface area contributed by atoms with Crippen LogP contribution in [0.1, 0.15) is 52.4 Å². The first kappa shape index (κ1) is 32.7. The smallest absolute Gasteiger partial charge is 0.264 e. The van der Waals surface area contributed by atoms with Gasteiger partial charge in [-0.3, -0.25) is 29.4 Å². The first-order valence-corrected chi connectivity index (χ1v) is 18.0. The van der Waals surface area contributed by atoms with Gasteiger partial charge in [-0.1, -0.05) is 24.3 Å². The lowest BCUT2D eigenvalue weighted by Crippen LogP contribution is -2.54. The molecule has 2 aromatic heterocycles. The number of nitrogen functional groups attached to an aromatic ring is 1. The molecule has 53 heavy (non-hydrogen) atoms. The van der Waals surface area contributed by atoms with Gasteiger partial charge in [0.25, 0.3) is 11.8 Å². The van der Waals surface area contributed by atoms with Crippen LogP contribution >= 0.6 is 0 Å². The van der Waals surface area contributed by atoms with Crippen molar-refractivity contribution in [3.63, 3.8) is 0 Å². The van der Waals surface area contributed by atoms with E-state index >= 15 is 0 Å². The quantitative estimate of drug-likeness (QED) is 0.223. The molecule has 1 unspecified atom stereocenters. The minimum absolute atomic E-state index is 0.0881. The number of nitrogens with zero attached hydrogens (tertiary/aromatic N) is 7. The Bertz CT molecular complexity index is 2260. The highest BCUT2D eigenvalue weighted by Gasteiger charge is 2.47. The van der Waals surface area contributed by atoms with Crippen molar-refractivity contribution in [1.29, 1.82) is 0 Å². The van der Waals surface area contributed by atoms with Crippen LogP contribution in [0, 0.1) is 5.92 Å². The molecule has 14 nitrogen and oxygen atoms in total. The molecule has 5 aromatic rings. The molecule has 4 aliphatic rings. The van der Waals surface area contributed by atoms with Crippen molar-refractivity contribution in [2.75, 3.05) is 43.4 Å². The van der Waals surface area contributed by atoms with Crippen LogP contribution in [0.15, 0.2) is 79.1 Å². The average molecular weight is 712 g/mol. The van der Waals surface area contributed by atoms with Crippen LogP contribution in [0.4, 0.5) is 11.5 Å². The number of anilines is 2. The molecule has 3 N–H and O–H groups in total. The van der Waals surface area contributed by atoms with Gasteiger partial charge in [0.1, 0.15) is 35.4 Å². The molecule has 9 rings (SSSR count). The Balaban J connectivity index is 0.841. The highest BCUT2D eigenvalue weighted by Crippen LogP contribution is 2.38. The fraction of sp³-hybridized carbons (Fsp3) is 0.308. The third-order valence-electron chi connectivity index (χ3n) is 10.8. The summed E-state index contributed by atoms with van der Waals surface area (Å²) in [6, 6.07) is 21.9. The summed E-state index contributed by atoms with van der Waals surface area (Å²) in [6.45, 7) is 4.24. The number of rotatable bonds is 8. The summed E-state index contributed by atoms with van der Waals surface area (Å²) in [4.78, 5) is 65.6. The highest BCUT2D eigenvalue weighted by atomic mass is 16.5. The summed E-state index contributed by atoms with van der Waals surface area (Å²) < 4.78 is 8.00. The number of ether oxygens (including phenoxy) is 1. The number of hydrogen-bond acceptors (Lipinski definition) is 11. The summed E-state index contributed by atoms with van der Waals surface area (Å²) in [5.74, 6) is 0.324. The fourth-order valence-corrected chi connectivity index (χ4v) is 8.11. The number of piperidine rings is 2. The van der Waals surface area contributed by atoms with Crippen molar-refractivity contribution in [3.8, 4) is 22.8 Å². The molecule has 4 aliphatic heterocycles. The Hall–Kier alpha value is -6.15. The summed E-state index contributed by atoms with van der Waals surface area (Å²) in [5.41, 5.74) is 10.1. The molecule has 0 saturated carbocycles. The van der Waals surface area contributed by atoms with E-state index in [9.17, 15) is 19.2 Å². The van der Waals surface area contributed by atoms with Gasteiger partial charge in [0.2, 0.25) is 11.8 Å². The van der Waals surface area contributed by atoms with Gasteiger partial charge in [-0.05, 0) is 67.8 Å². The third kappa shape index (κ3) is 5.84. The number of aromatic nitrogens is 4. The van der Waals surface area contributed by atoms with Crippen LogP contribution in [0.3, 0.4) is 0 Å². The van der Waals surface area contributed by atoms with E-state index in [4.69, 9.17) is 15.6 Å². The number of hydrogen-bond donors (Lipinski definition) is 2. The Kier molecular flexibility index (Phi) is 8.10. The Labute approximate surface area is 304 Å². The van der Waals surface area contributed by atoms with Crippen molar-refractivity contribution in [1.82, 2.24) is 34.9 Å². The molecule has 0 radical (unpaired) electrons. The summed E-state index contributed by atoms with van der Waals surface area (Å²) in [7, 11) is 0. The van der Waals surface area contributed by atoms with Gasteiger partial charge in [-0.25, -0.2) is 14.6 Å². The van der Waals surface area contributed by atoms with Crippen LogP contribution in [-0.4, -0.2) is 91.9 Å². The molecule has 3 aromatic carbocycles. The van der Waals surface area contributed by atoms with Crippen LogP contribution in [0.5, 0.6) is 11.5 Å². The number of fused-ring (bicyclic) bond motifs is 2. The molecule has 0 aliphatic carbocycles. The molecule has 4 amide bonds. The van der Waals surface area contributed by atoms with Gasteiger partial charge in [-0.2, -0.15) is 5.10 Å². The minimum Gasteiger partial charge on any atom is -0.457 e. The number of amides is 4. The van der Waals surface area contributed by atoms with Crippen LogP contribution < -0.4 is 20.7 Å². The Morgan fingerprint density at radius 3 is 2.34 bits per heavy atom. The molecule has 1 atom stereocenters. The lowest BCUT2D eigenvalue weighted by Gasteiger charge is -2.44. The number of carbonyl (C=O) groups excluding carboxylic acids is 4. The lowest BCUT2D eigenvalue weighted by molar-refractivity contribution is -0.136. The minimum atomic E-state index is -0.983. The number of imide groups is 2. The van der Waals surface area contributed by atoms with Gasteiger partial charge in [0, 0.05) is 50.6 Å². The molecule has 3 fully saturated rings. The maximum Gasteiger partial charge on any atom is 0.264 e. The topological polar surface area (TPSA) is 169 Å². The number of likely N-dealkylation sites (tertiary alicyclic amines) is 1. The van der Waals surface area contributed by atoms with Gasteiger partial charge in [-0.15, -0.1) is 0 Å². The maximum absolute atomic E-state index is 13.6. The van der Waals surface area contributed by atoms with E-state index in [0.717, 1.165) is 84.3 Å². The van der Waals surface area contributed by atoms with Gasteiger partial charge in [0.05, 0.1) is 28.2 Å². The molecular formula is C39H37N9O5. The zero-order valence-corrected chi connectivity index (χ0v) is 28.9. The van der Waals surface area contributed by atoms with E-state index in [1.807, 2.05) is 65.3 Å². The standard InChI is InChI=1S/C39H37N9O5/c40-35-33-34(24-9-11-27(12-10-24)53-26-5-2-1-3-6-26)44-48(36(33)42-22-41-35)25-15-17-45(18-16-25)19-23-20-46(21-23)29-8-4-7-28-32(29)39(52)47(38(28)51)30-13-14-31(49)43-37(30)50/h1-12,22-23,25,30H,13-21H2,(H2,40,41,42)(H,43,49,50). The van der Waals surface area contributed by atoms with Gasteiger partial charge >= 0.3 is 0 Å². The molecule has 0 bridgehead atoms. The van der Waals surface area contributed by atoms with E-state index in [0.29, 0.717) is 28.6 Å². The molecule has 14 heteroatoms. The van der Waals surface area contributed by atoms with Crippen LogP contribution in [0.2, 0.25) is 0 Å². The normalized spacial score (nSPS) is 19.8. The number of nitrogens with two attached hydrogens (primary N) is 1. The number of para-hydroxylation sites is 1. The van der Waals surface area contributed by atoms with Crippen molar-refractivity contribution in [2.24, 2.45) is 5.92 Å². The first-order valence-electron chi connectivity index (χ1n) is 18.0. The lowest BCUT2D eigenvalue weighted by atomic mass is 9.94. The predicted molar refractivity (Wildman–Crippen MR) is 195 cm³/mol. The van der Waals surface area contributed by atoms with E-state index in [1.54, 1.807) is 12.1 Å². The van der Waals surface area contributed by atoms with E-state index in [-0.39, 0.29) is 18.9 Å². The predicted octanol–water partition coefficient (Wildman–Crippen LogP) is 4.04. The monoisotopic (exact) mass is 711 g/mol. The van der Waals surface area contributed by atoms with Crippen molar-refractivity contribution >= 4 is 46.2 Å². The van der Waals surface area contributed by atoms with Crippen molar-refractivity contribution in [2.45, 2.75) is 37.8 Å². The highest BCUT2D eigenvalue weighted by molar-refractivity contribution is 6.25. The maximum atomic E-state index is 13.6. The molecule has 0 spiro atoms. The summed E-state index contributed by atoms with van der Waals surface area (Å²) in [5, 5.41) is 8.08. The summed E-state index contributed by atoms with van der Waals surface area (Å²) in [6.07, 6.45) is 3.52. The van der Waals surface area contributed by atoms with E-state index < -0.39 is 29.7 Å². The Morgan fingerprint density at radius 1 is 0.830 bits per heavy atom. The molecular weight excluding hydrogens is 674 g/mol. The number of benzene rings is 3. The summed E-state index contributed by atoms with van der Waals surface area (Å²) >= 11 is 0. The first-order chi connectivity index (χ1) is 25.8. The largest absolute Gasteiger partial charge is 0.457 e. The zero-order chi connectivity index (χ0) is 36.2. The van der Waals surface area contributed by atoms with Gasteiger partial charge < -0.3 is 20.3 Å². The van der Waals surface area contributed by atoms with Crippen LogP contribution in [0.25, 0.3) is 22.3 Å². The average Bonchev–Trinajstić information content (AvgIpc) is 3.66. The third-order valence-corrected chi connectivity index (χ3v) is 10.8. The second-order valence-electron chi connectivity index (χ2n) is 14.1. The van der Waals surface area contributed by atoms with E-state index in [2.05, 4.69) is 25.1 Å². The van der Waals surface area contributed by atoms with Crippen molar-refractivity contribution in [3.05, 3.63) is 90.3 Å². The molecule has 6 heterocycles. The van der Waals surface area contributed by atoms with Crippen LogP contribution in [-0.2, 0) is 9.59 Å². The van der Waals surface area contributed by atoms with Crippen molar-refractivity contribution < 1.29 is 23.9 Å². The Morgan fingerprint density at radius 2 is 1.58 bits per heavy atom. The second kappa shape index (κ2) is 13.1. The molecule has 268 valence electrons. The number of nitrogens with one attached hydrogen (secondary N) is 1. The zero-order valence-electron chi connectivity index (χ0n) is 28.9. The number of carbonyl (C=O) groups is 4. The fourth-order valence-electron chi connectivity index (χ4n) is 8.11. The van der Waals surface area contributed by atoms with E-state index in [1.165, 1.54) is 6.33 Å². The van der Waals surface area contributed by atoms with Gasteiger partial charge in [0.15, 0.2) is 5.65 Å². The molecule has 3 saturated heterocycles. The SMILES string of the molecule is Nc1ncnc2c1c(-c1ccc(Oc3ccccc3)cc1)nn2C1CCN(CC2CN(c3cccc4c3C(=O)N(C3CCC(=O)NC3=O)C4=O)C2)CC1. The second-order valence-corrected chi connectivity index (χ2v) is 14.1.